The van der Waals surface area contributed by atoms with Gasteiger partial charge in [0.05, 0.1) is 16.3 Å². The third-order valence-corrected chi connectivity index (χ3v) is 5.88. The first-order valence-electron chi connectivity index (χ1n) is 8.52. The van der Waals surface area contributed by atoms with E-state index in [0.29, 0.717) is 35.3 Å². The van der Waals surface area contributed by atoms with Crippen molar-refractivity contribution in [3.05, 3.63) is 42.0 Å². The van der Waals surface area contributed by atoms with E-state index in [2.05, 4.69) is 10.0 Å². The first kappa shape index (κ1) is 20.2. The van der Waals surface area contributed by atoms with Gasteiger partial charge in [0.25, 0.3) is 5.91 Å². The normalized spacial score (nSPS) is 15.0. The SMILES string of the molecule is Cl.Nc1cc2c(cc1NC(=O)c1cccc(S(=O)(=O)NCC3CC3)c1)OCO2. The molecule has 1 aliphatic heterocycles. The summed E-state index contributed by atoms with van der Waals surface area (Å²) in [4.78, 5) is 12.6. The fourth-order valence-corrected chi connectivity index (χ4v) is 3.86. The fraction of sp³-hybridized carbons (Fsp3) is 0.278. The number of carbonyl (C=O) groups excluding carboxylic acids is 1. The molecule has 4 N–H and O–H groups in total. The highest BCUT2D eigenvalue weighted by molar-refractivity contribution is 7.89. The lowest BCUT2D eigenvalue weighted by Crippen LogP contribution is -2.26. The molecule has 28 heavy (non-hydrogen) atoms. The summed E-state index contributed by atoms with van der Waals surface area (Å²) in [6, 6.07) is 9.02. The summed E-state index contributed by atoms with van der Waals surface area (Å²) >= 11 is 0. The van der Waals surface area contributed by atoms with E-state index in [0.717, 1.165) is 12.8 Å². The van der Waals surface area contributed by atoms with Gasteiger partial charge in [0.1, 0.15) is 0 Å². The van der Waals surface area contributed by atoms with Gasteiger partial charge in [-0.15, -0.1) is 12.4 Å². The van der Waals surface area contributed by atoms with Gasteiger partial charge in [-0.25, -0.2) is 13.1 Å². The molecule has 0 atom stereocenters. The predicted molar refractivity (Wildman–Crippen MR) is 107 cm³/mol. The Labute approximate surface area is 168 Å². The van der Waals surface area contributed by atoms with Gasteiger partial charge in [0.2, 0.25) is 16.8 Å². The molecule has 0 bridgehead atoms. The highest BCUT2D eigenvalue weighted by atomic mass is 35.5. The number of nitrogens with two attached hydrogens (primary N) is 1. The molecule has 0 aromatic heterocycles. The Morgan fingerprint density at radius 1 is 1.14 bits per heavy atom. The van der Waals surface area contributed by atoms with Gasteiger partial charge >= 0.3 is 0 Å². The second-order valence-corrected chi connectivity index (χ2v) is 8.34. The molecule has 4 rings (SSSR count). The van der Waals surface area contributed by atoms with Crippen LogP contribution in [0.15, 0.2) is 41.3 Å². The second kappa shape index (κ2) is 7.86. The fourth-order valence-electron chi connectivity index (χ4n) is 2.70. The molecule has 1 aliphatic carbocycles. The summed E-state index contributed by atoms with van der Waals surface area (Å²) in [5.41, 5.74) is 6.83. The van der Waals surface area contributed by atoms with Crippen LogP contribution in [0.5, 0.6) is 11.5 Å². The number of benzene rings is 2. The molecule has 0 radical (unpaired) electrons. The monoisotopic (exact) mass is 425 g/mol. The highest BCUT2D eigenvalue weighted by Crippen LogP contribution is 2.38. The van der Waals surface area contributed by atoms with Crippen LogP contribution < -0.4 is 25.2 Å². The molecule has 1 fully saturated rings. The third kappa shape index (κ3) is 4.32. The van der Waals surface area contributed by atoms with E-state index in [1.54, 1.807) is 18.2 Å². The number of nitrogens with one attached hydrogen (secondary N) is 2. The largest absolute Gasteiger partial charge is 0.454 e. The lowest BCUT2D eigenvalue weighted by atomic mass is 10.2. The zero-order valence-corrected chi connectivity index (χ0v) is 16.4. The molecule has 0 spiro atoms. The molecule has 1 saturated carbocycles. The second-order valence-electron chi connectivity index (χ2n) is 6.57. The van der Waals surface area contributed by atoms with Gasteiger partial charge in [-0.2, -0.15) is 0 Å². The Hall–Kier alpha value is -2.49. The Morgan fingerprint density at radius 2 is 1.86 bits per heavy atom. The van der Waals surface area contributed by atoms with Crippen molar-refractivity contribution >= 4 is 39.7 Å². The molecule has 2 aromatic rings. The van der Waals surface area contributed by atoms with Gasteiger partial charge in [-0.3, -0.25) is 4.79 Å². The number of fused-ring (bicyclic) bond motifs is 1. The molecule has 150 valence electrons. The first-order valence-corrected chi connectivity index (χ1v) is 10.0. The van der Waals surface area contributed by atoms with E-state index >= 15 is 0 Å². The minimum Gasteiger partial charge on any atom is -0.454 e. The van der Waals surface area contributed by atoms with E-state index in [1.807, 2.05) is 0 Å². The molecule has 2 aliphatic rings. The smallest absolute Gasteiger partial charge is 0.255 e. The lowest BCUT2D eigenvalue weighted by molar-refractivity contribution is 0.102. The standard InChI is InChI=1S/C18H19N3O5S.ClH/c19-14-7-16-17(26-10-25-16)8-15(14)21-18(22)12-2-1-3-13(6-12)27(23,24)20-9-11-4-5-11;/h1-3,6-8,11,20H,4-5,9-10,19H2,(H,21,22);1H. The van der Waals surface area contributed by atoms with E-state index in [4.69, 9.17) is 15.2 Å². The van der Waals surface area contributed by atoms with Crippen molar-refractivity contribution in [1.29, 1.82) is 0 Å². The Morgan fingerprint density at radius 3 is 2.57 bits per heavy atom. The van der Waals surface area contributed by atoms with Gasteiger partial charge in [-0.05, 0) is 37.0 Å². The van der Waals surface area contributed by atoms with Crippen molar-refractivity contribution in [2.24, 2.45) is 5.92 Å². The summed E-state index contributed by atoms with van der Waals surface area (Å²) in [6.45, 7) is 0.520. The Balaban J connectivity index is 0.00000225. The summed E-state index contributed by atoms with van der Waals surface area (Å²) < 4.78 is 37.9. The minimum absolute atomic E-state index is 0. The molecular weight excluding hydrogens is 406 g/mol. The van der Waals surface area contributed by atoms with Crippen LogP contribution in [-0.4, -0.2) is 27.7 Å². The number of rotatable bonds is 6. The number of sulfonamides is 1. The topological polar surface area (TPSA) is 120 Å². The molecular formula is C18H20ClN3O5S. The molecule has 1 heterocycles. The van der Waals surface area contributed by atoms with Gasteiger partial charge in [-0.1, -0.05) is 6.07 Å². The third-order valence-electron chi connectivity index (χ3n) is 4.46. The van der Waals surface area contributed by atoms with Crippen molar-refractivity contribution in [3.8, 4) is 11.5 Å². The Kier molecular flexibility index (Phi) is 5.69. The van der Waals surface area contributed by atoms with Crippen molar-refractivity contribution < 1.29 is 22.7 Å². The van der Waals surface area contributed by atoms with Crippen LogP contribution in [0.25, 0.3) is 0 Å². The van der Waals surface area contributed by atoms with E-state index < -0.39 is 15.9 Å². The average molecular weight is 426 g/mol. The molecule has 8 nitrogen and oxygen atoms in total. The number of hydrogen-bond acceptors (Lipinski definition) is 6. The van der Waals surface area contributed by atoms with E-state index in [-0.39, 0.29) is 29.7 Å². The van der Waals surface area contributed by atoms with Crippen LogP contribution in [0, 0.1) is 5.92 Å². The van der Waals surface area contributed by atoms with Gasteiger partial charge in [0, 0.05) is 24.2 Å². The quantitative estimate of drug-likeness (QED) is 0.611. The van der Waals surface area contributed by atoms with Crippen LogP contribution in [0.3, 0.4) is 0 Å². The van der Waals surface area contributed by atoms with Crippen molar-refractivity contribution in [1.82, 2.24) is 4.72 Å². The van der Waals surface area contributed by atoms with Crippen LogP contribution in [0.4, 0.5) is 11.4 Å². The van der Waals surface area contributed by atoms with Crippen molar-refractivity contribution in [2.45, 2.75) is 17.7 Å². The maximum atomic E-state index is 12.6. The van der Waals surface area contributed by atoms with Crippen LogP contribution in [0.2, 0.25) is 0 Å². The number of hydrogen-bond donors (Lipinski definition) is 3. The van der Waals surface area contributed by atoms with Crippen molar-refractivity contribution in [2.75, 3.05) is 24.4 Å². The highest BCUT2D eigenvalue weighted by Gasteiger charge is 2.25. The zero-order valence-electron chi connectivity index (χ0n) is 14.8. The van der Waals surface area contributed by atoms with Crippen molar-refractivity contribution in [3.63, 3.8) is 0 Å². The molecule has 1 amide bonds. The number of anilines is 2. The summed E-state index contributed by atoms with van der Waals surface area (Å²) in [7, 11) is -3.65. The molecule has 2 aromatic carbocycles. The van der Waals surface area contributed by atoms with E-state index in [9.17, 15) is 13.2 Å². The Bertz CT molecular complexity index is 1010. The molecule has 0 unspecified atom stereocenters. The van der Waals surface area contributed by atoms with Crippen LogP contribution >= 0.6 is 12.4 Å². The minimum atomic E-state index is -3.65. The zero-order chi connectivity index (χ0) is 19.0. The number of carbonyl (C=O) groups is 1. The predicted octanol–water partition coefficient (Wildman–Crippen LogP) is 2.36. The van der Waals surface area contributed by atoms with E-state index in [1.165, 1.54) is 18.2 Å². The summed E-state index contributed by atoms with van der Waals surface area (Å²) in [5, 5.41) is 2.68. The maximum Gasteiger partial charge on any atom is 0.255 e. The van der Waals surface area contributed by atoms with Gasteiger partial charge < -0.3 is 20.5 Å². The number of halogens is 1. The van der Waals surface area contributed by atoms with Crippen LogP contribution in [0.1, 0.15) is 23.2 Å². The molecule has 0 saturated heterocycles. The average Bonchev–Trinajstić information content (AvgIpc) is 3.38. The van der Waals surface area contributed by atoms with Crippen LogP contribution in [-0.2, 0) is 10.0 Å². The summed E-state index contributed by atoms with van der Waals surface area (Å²) in [5.74, 6) is 0.945. The van der Waals surface area contributed by atoms with Gasteiger partial charge in [0.15, 0.2) is 11.5 Å². The first-order chi connectivity index (χ1) is 12.9. The molecule has 10 heteroatoms. The lowest BCUT2D eigenvalue weighted by Gasteiger charge is -2.11. The number of amides is 1. The number of nitrogen functional groups attached to an aromatic ring is 1. The maximum absolute atomic E-state index is 12.6. The summed E-state index contributed by atoms with van der Waals surface area (Å²) in [6.07, 6.45) is 2.09. The number of ether oxygens (including phenoxy) is 2.